The molecule has 4 heteroatoms. The van der Waals surface area contributed by atoms with Crippen molar-refractivity contribution in [3.05, 3.63) is 17.1 Å². The molecule has 1 unspecified atom stereocenters. The first-order chi connectivity index (χ1) is 9.54. The Morgan fingerprint density at radius 1 is 1.15 bits per heavy atom. The molecule has 0 aliphatic carbocycles. The molecule has 0 fully saturated rings. The molecule has 0 aromatic carbocycles. The molecule has 1 aromatic heterocycles. The van der Waals surface area contributed by atoms with E-state index in [1.54, 1.807) is 0 Å². The molecule has 20 heavy (non-hydrogen) atoms. The Labute approximate surface area is 123 Å². The third-order valence-corrected chi connectivity index (χ3v) is 3.30. The van der Waals surface area contributed by atoms with E-state index in [2.05, 4.69) is 44.9 Å². The highest BCUT2D eigenvalue weighted by Gasteiger charge is 2.19. The molecule has 0 saturated heterocycles. The van der Waals surface area contributed by atoms with Gasteiger partial charge < -0.3 is 10.1 Å². The lowest BCUT2D eigenvalue weighted by molar-refractivity contribution is 0.0534. The van der Waals surface area contributed by atoms with Crippen LogP contribution in [0.4, 0.5) is 5.82 Å². The Morgan fingerprint density at radius 2 is 1.85 bits per heavy atom. The third kappa shape index (κ3) is 4.17. The second-order valence-corrected chi connectivity index (χ2v) is 5.36. The fraction of sp³-hybridized carbons (Fsp3) is 0.750. The Morgan fingerprint density at radius 3 is 2.35 bits per heavy atom. The predicted octanol–water partition coefficient (Wildman–Crippen LogP) is 4.22. The Kier molecular flexibility index (Phi) is 6.93. The molecule has 0 spiro atoms. The van der Waals surface area contributed by atoms with E-state index in [9.17, 15) is 0 Å². The van der Waals surface area contributed by atoms with E-state index < -0.39 is 0 Å². The van der Waals surface area contributed by atoms with Crippen LogP contribution < -0.4 is 5.32 Å². The molecule has 114 valence electrons. The van der Waals surface area contributed by atoms with Gasteiger partial charge in [0.05, 0.1) is 0 Å². The summed E-state index contributed by atoms with van der Waals surface area (Å²) in [5.74, 6) is 2.19. The summed E-state index contributed by atoms with van der Waals surface area (Å²) in [7, 11) is 0. The van der Waals surface area contributed by atoms with Crippen molar-refractivity contribution in [3.63, 3.8) is 0 Å². The van der Waals surface area contributed by atoms with Gasteiger partial charge in [-0.25, -0.2) is 9.97 Å². The van der Waals surface area contributed by atoms with Gasteiger partial charge in [0.1, 0.15) is 11.9 Å². The van der Waals surface area contributed by atoms with E-state index in [1.807, 2.05) is 6.92 Å². The van der Waals surface area contributed by atoms with Gasteiger partial charge in [0, 0.05) is 24.4 Å². The summed E-state index contributed by atoms with van der Waals surface area (Å²) in [6.07, 6.45) is 1.96. The van der Waals surface area contributed by atoms with Gasteiger partial charge in [-0.15, -0.1) is 0 Å². The van der Waals surface area contributed by atoms with Crippen molar-refractivity contribution in [1.29, 1.82) is 0 Å². The van der Waals surface area contributed by atoms with Crippen LogP contribution in [0.25, 0.3) is 0 Å². The van der Waals surface area contributed by atoms with Crippen LogP contribution in [0.1, 0.15) is 76.6 Å². The maximum Gasteiger partial charge on any atom is 0.159 e. The quantitative estimate of drug-likeness (QED) is 0.774. The maximum atomic E-state index is 5.74. The number of hydrogen-bond donors (Lipinski definition) is 1. The normalized spacial score (nSPS) is 12.8. The number of ether oxygens (including phenoxy) is 1. The molecule has 0 aliphatic heterocycles. The second kappa shape index (κ2) is 8.20. The Bertz CT molecular complexity index is 418. The summed E-state index contributed by atoms with van der Waals surface area (Å²) in [5.41, 5.74) is 2.27. The van der Waals surface area contributed by atoms with Crippen LogP contribution in [0.15, 0.2) is 0 Å². The smallest absolute Gasteiger partial charge is 0.159 e. The summed E-state index contributed by atoms with van der Waals surface area (Å²) >= 11 is 0. The molecule has 0 aliphatic rings. The molecule has 0 radical (unpaired) electrons. The Hall–Kier alpha value is -1.16. The lowest BCUT2D eigenvalue weighted by Gasteiger charge is -2.20. The van der Waals surface area contributed by atoms with Gasteiger partial charge in [0.15, 0.2) is 5.82 Å². The fourth-order valence-corrected chi connectivity index (χ4v) is 2.39. The maximum absolute atomic E-state index is 5.74. The van der Waals surface area contributed by atoms with Crippen molar-refractivity contribution in [2.45, 2.75) is 66.4 Å². The molecular formula is C16H29N3O. The van der Waals surface area contributed by atoms with Crippen LogP contribution in [-0.4, -0.2) is 23.1 Å². The monoisotopic (exact) mass is 279 g/mol. The van der Waals surface area contributed by atoms with Crippen LogP contribution >= 0.6 is 0 Å². The van der Waals surface area contributed by atoms with Crippen molar-refractivity contribution >= 4 is 5.82 Å². The van der Waals surface area contributed by atoms with E-state index in [1.165, 1.54) is 5.56 Å². The van der Waals surface area contributed by atoms with E-state index in [-0.39, 0.29) is 6.10 Å². The molecular weight excluding hydrogens is 250 g/mol. The molecule has 0 amide bonds. The number of aromatic nitrogens is 2. The SMILES string of the molecule is CCCNc1nc(C(CC)OCC)nc(C)c1C(C)C. The number of rotatable bonds is 8. The highest BCUT2D eigenvalue weighted by atomic mass is 16.5. The van der Waals surface area contributed by atoms with Gasteiger partial charge in [-0.3, -0.25) is 0 Å². The van der Waals surface area contributed by atoms with Crippen molar-refractivity contribution < 1.29 is 4.74 Å². The molecule has 0 bridgehead atoms. The summed E-state index contributed by atoms with van der Waals surface area (Å²) in [5, 5.41) is 3.44. The molecule has 0 saturated carbocycles. The minimum atomic E-state index is -0.0120. The van der Waals surface area contributed by atoms with E-state index >= 15 is 0 Å². The lowest BCUT2D eigenvalue weighted by Crippen LogP contribution is -2.15. The first-order valence-electron chi connectivity index (χ1n) is 7.78. The van der Waals surface area contributed by atoms with Gasteiger partial charge in [0.2, 0.25) is 0 Å². The largest absolute Gasteiger partial charge is 0.371 e. The summed E-state index contributed by atoms with van der Waals surface area (Å²) in [6.45, 7) is 14.3. The topological polar surface area (TPSA) is 47.0 Å². The molecule has 1 atom stereocenters. The average Bonchev–Trinajstić information content (AvgIpc) is 2.41. The summed E-state index contributed by atoms with van der Waals surface area (Å²) in [4.78, 5) is 9.41. The van der Waals surface area contributed by atoms with Crippen LogP contribution in [0.2, 0.25) is 0 Å². The summed E-state index contributed by atoms with van der Waals surface area (Å²) in [6, 6.07) is 0. The standard InChI is InChI=1S/C16H29N3O/c1-7-10-17-16-14(11(4)5)12(6)18-15(19-16)13(8-2)20-9-3/h11,13H,7-10H2,1-6H3,(H,17,18,19). The van der Waals surface area contributed by atoms with Crippen LogP contribution in [0.5, 0.6) is 0 Å². The zero-order valence-corrected chi connectivity index (χ0v) is 13.8. The van der Waals surface area contributed by atoms with E-state index in [4.69, 9.17) is 9.72 Å². The number of hydrogen-bond acceptors (Lipinski definition) is 4. The number of nitrogens with one attached hydrogen (secondary N) is 1. The zero-order valence-electron chi connectivity index (χ0n) is 13.8. The van der Waals surface area contributed by atoms with Gasteiger partial charge in [-0.2, -0.15) is 0 Å². The number of nitrogens with zero attached hydrogens (tertiary/aromatic N) is 2. The predicted molar refractivity (Wildman–Crippen MR) is 84.3 cm³/mol. The average molecular weight is 279 g/mol. The van der Waals surface area contributed by atoms with Crippen LogP contribution in [-0.2, 0) is 4.74 Å². The highest BCUT2D eigenvalue weighted by Crippen LogP contribution is 2.28. The van der Waals surface area contributed by atoms with Gasteiger partial charge >= 0.3 is 0 Å². The van der Waals surface area contributed by atoms with Crippen LogP contribution in [0, 0.1) is 6.92 Å². The lowest BCUT2D eigenvalue weighted by atomic mass is 10.0. The van der Waals surface area contributed by atoms with Gasteiger partial charge in [-0.05, 0) is 32.6 Å². The zero-order chi connectivity index (χ0) is 15.1. The highest BCUT2D eigenvalue weighted by molar-refractivity contribution is 5.48. The minimum Gasteiger partial charge on any atom is -0.371 e. The van der Waals surface area contributed by atoms with Crippen molar-refractivity contribution in [2.75, 3.05) is 18.5 Å². The van der Waals surface area contributed by atoms with Gasteiger partial charge in [-0.1, -0.05) is 27.7 Å². The van der Waals surface area contributed by atoms with Crippen LogP contribution in [0.3, 0.4) is 0 Å². The molecule has 1 aromatic rings. The van der Waals surface area contributed by atoms with Gasteiger partial charge in [0.25, 0.3) is 0 Å². The van der Waals surface area contributed by atoms with Crippen molar-refractivity contribution in [1.82, 2.24) is 9.97 Å². The molecule has 4 nitrogen and oxygen atoms in total. The van der Waals surface area contributed by atoms with E-state index in [0.717, 1.165) is 36.7 Å². The second-order valence-electron chi connectivity index (χ2n) is 5.36. The molecule has 1 N–H and O–H groups in total. The Balaban J connectivity index is 3.18. The molecule has 1 rings (SSSR count). The fourth-order valence-electron chi connectivity index (χ4n) is 2.39. The summed E-state index contributed by atoms with van der Waals surface area (Å²) < 4.78 is 5.74. The first kappa shape index (κ1) is 16.9. The number of anilines is 1. The minimum absolute atomic E-state index is 0.0120. The number of aryl methyl sites for hydroxylation is 1. The first-order valence-corrected chi connectivity index (χ1v) is 7.78. The molecule has 1 heterocycles. The van der Waals surface area contributed by atoms with Crippen molar-refractivity contribution in [3.8, 4) is 0 Å². The van der Waals surface area contributed by atoms with Crippen molar-refractivity contribution in [2.24, 2.45) is 0 Å². The third-order valence-electron chi connectivity index (χ3n) is 3.30. The van der Waals surface area contributed by atoms with E-state index in [0.29, 0.717) is 12.5 Å².